The lowest BCUT2D eigenvalue weighted by Gasteiger charge is -2.21. The average Bonchev–Trinajstić information content (AvgIpc) is 3.91. The maximum absolute atomic E-state index is 14.5. The minimum absolute atomic E-state index is 0. The van der Waals surface area contributed by atoms with Gasteiger partial charge in [0.2, 0.25) is 0 Å². The van der Waals surface area contributed by atoms with Gasteiger partial charge in [-0.05, 0) is 99.2 Å². The van der Waals surface area contributed by atoms with Gasteiger partial charge in [0.25, 0.3) is 0 Å². The number of carbonyl (C=O) groups excluding carboxylic acids is 2. The molecular formula is C46H51ClF2N8O6. The Morgan fingerprint density at radius 1 is 0.667 bits per heavy atom. The van der Waals surface area contributed by atoms with Crippen LogP contribution in [0.1, 0.15) is 50.7 Å². The van der Waals surface area contributed by atoms with E-state index in [1.165, 1.54) is 36.4 Å². The average molecular weight is 885 g/mol. The Hall–Kier alpha value is -6.55. The van der Waals surface area contributed by atoms with Crippen LogP contribution in [-0.2, 0) is 9.47 Å². The van der Waals surface area contributed by atoms with Gasteiger partial charge in [-0.25, -0.2) is 38.3 Å². The largest absolute Gasteiger partial charge is 0.507 e. The summed E-state index contributed by atoms with van der Waals surface area (Å²) in [6.45, 7) is 11.0. The van der Waals surface area contributed by atoms with Gasteiger partial charge in [-0.15, -0.1) is 12.4 Å². The third kappa shape index (κ3) is 10.7. The maximum Gasteiger partial charge on any atom is 0.407 e. The van der Waals surface area contributed by atoms with Crippen LogP contribution in [-0.4, -0.2) is 93.8 Å². The number of hydrogen-bond donors (Lipinski definition) is 4. The number of fused-ring (bicyclic) bond motifs is 2. The van der Waals surface area contributed by atoms with Crippen molar-refractivity contribution in [1.82, 2.24) is 30.6 Å². The molecule has 2 aliphatic rings. The van der Waals surface area contributed by atoms with E-state index in [1.54, 1.807) is 0 Å². The van der Waals surface area contributed by atoms with Crippen LogP contribution in [0.15, 0.2) is 72.8 Å². The van der Waals surface area contributed by atoms with E-state index in [0.29, 0.717) is 62.1 Å². The van der Waals surface area contributed by atoms with Crippen LogP contribution >= 0.6 is 12.4 Å². The second-order valence-corrected chi connectivity index (χ2v) is 15.5. The van der Waals surface area contributed by atoms with E-state index >= 15 is 0 Å². The van der Waals surface area contributed by atoms with Crippen LogP contribution < -0.4 is 20.4 Å². The third-order valence-electron chi connectivity index (χ3n) is 10.6. The van der Waals surface area contributed by atoms with Crippen molar-refractivity contribution in [3.05, 3.63) is 95.6 Å². The Labute approximate surface area is 370 Å². The fourth-order valence-electron chi connectivity index (χ4n) is 7.57. The molecule has 14 nitrogen and oxygen atoms in total. The second-order valence-electron chi connectivity index (χ2n) is 15.5. The first-order valence-corrected chi connectivity index (χ1v) is 20.8. The Morgan fingerprint density at radius 3 is 1.46 bits per heavy atom. The quantitative estimate of drug-likeness (QED) is 0.103. The third-order valence-corrected chi connectivity index (χ3v) is 10.6. The number of carbonyl (C=O) groups is 2. The van der Waals surface area contributed by atoms with E-state index in [0.717, 1.165) is 47.6 Å². The van der Waals surface area contributed by atoms with Crippen molar-refractivity contribution in [3.8, 4) is 34.3 Å². The Balaban J connectivity index is 0.000000206. The van der Waals surface area contributed by atoms with E-state index in [4.69, 9.17) is 9.47 Å². The minimum atomic E-state index is -0.586. The normalized spacial score (nSPS) is 15.7. The van der Waals surface area contributed by atoms with Gasteiger partial charge in [-0.3, -0.25) is 0 Å². The SMILES string of the molecule is CCCOC(=O)N[C@@H]1CCN(c2nc(-c3c(O)cccc3F)nc3cc(C)ccc23)C1.CCCOC(=O)N[C@@H]1CCN(c2nc(-c3c(O)cccc3F)nc3cc(C)ccc23)C1.Cl. The maximum atomic E-state index is 14.5. The van der Waals surface area contributed by atoms with Gasteiger partial charge in [0, 0.05) is 37.0 Å². The smallest absolute Gasteiger partial charge is 0.407 e. The summed E-state index contributed by atoms with van der Waals surface area (Å²) >= 11 is 0. The number of phenolic OH excluding ortho intramolecular Hbond substituents is 2. The first-order valence-electron chi connectivity index (χ1n) is 20.8. The van der Waals surface area contributed by atoms with E-state index in [-0.39, 0.29) is 58.8 Å². The molecule has 0 bridgehead atoms. The number of nitrogens with one attached hydrogen (secondary N) is 2. The molecule has 6 aromatic rings. The number of halogens is 3. The van der Waals surface area contributed by atoms with Crippen molar-refractivity contribution >= 4 is 58.0 Å². The first-order chi connectivity index (χ1) is 29.9. The van der Waals surface area contributed by atoms with Gasteiger partial charge in [-0.1, -0.05) is 38.1 Å². The van der Waals surface area contributed by atoms with Crippen molar-refractivity contribution in [3.63, 3.8) is 0 Å². The molecule has 2 fully saturated rings. The molecule has 0 spiro atoms. The Kier molecular flexibility index (Phi) is 15.0. The number of rotatable bonds is 10. The highest BCUT2D eigenvalue weighted by molar-refractivity contribution is 5.93. The summed E-state index contributed by atoms with van der Waals surface area (Å²) in [4.78, 5) is 46.3. The van der Waals surface area contributed by atoms with Crippen LogP contribution in [0.2, 0.25) is 0 Å². The number of benzene rings is 4. The standard InChI is InChI=1S/2C23H25FN4O3.ClH/c2*1-3-11-31-23(30)25-15-9-10-28(13-15)22-16-8-7-14(2)12-18(16)26-21(27-22)20-17(24)5-4-6-19(20)29;/h2*4-8,12,15,29H,3,9-11,13H2,1-2H3,(H,25,30);1H/t2*15-;/m11./s1. The predicted octanol–water partition coefficient (Wildman–Crippen LogP) is 8.75. The predicted molar refractivity (Wildman–Crippen MR) is 241 cm³/mol. The fourth-order valence-corrected chi connectivity index (χ4v) is 7.57. The first kappa shape index (κ1) is 46.0. The van der Waals surface area contributed by atoms with Crippen molar-refractivity contribution in [2.24, 2.45) is 0 Å². The molecule has 63 heavy (non-hydrogen) atoms. The molecule has 4 heterocycles. The van der Waals surface area contributed by atoms with Gasteiger partial charge < -0.3 is 40.1 Å². The molecular weight excluding hydrogens is 834 g/mol. The Morgan fingerprint density at radius 2 is 1.08 bits per heavy atom. The lowest BCUT2D eigenvalue weighted by Crippen LogP contribution is -2.37. The number of aromatic hydroxyl groups is 2. The van der Waals surface area contributed by atoms with E-state index < -0.39 is 23.8 Å². The highest BCUT2D eigenvalue weighted by atomic mass is 35.5. The van der Waals surface area contributed by atoms with Crippen LogP contribution in [0, 0.1) is 25.5 Å². The van der Waals surface area contributed by atoms with Gasteiger partial charge in [0.15, 0.2) is 11.6 Å². The molecule has 332 valence electrons. The number of aryl methyl sites for hydroxylation is 2. The lowest BCUT2D eigenvalue weighted by atomic mass is 10.1. The van der Waals surface area contributed by atoms with Gasteiger partial charge in [0.1, 0.15) is 34.8 Å². The van der Waals surface area contributed by atoms with Crippen LogP contribution in [0.25, 0.3) is 44.6 Å². The fraction of sp³-hybridized carbons (Fsp3) is 0.348. The molecule has 4 N–H and O–H groups in total. The van der Waals surface area contributed by atoms with Gasteiger partial charge >= 0.3 is 12.2 Å². The molecule has 2 atom stereocenters. The summed E-state index contributed by atoms with van der Waals surface area (Å²) < 4.78 is 39.3. The van der Waals surface area contributed by atoms with E-state index in [2.05, 4.69) is 30.6 Å². The van der Waals surface area contributed by atoms with Crippen molar-refractivity contribution < 1.29 is 38.1 Å². The van der Waals surface area contributed by atoms with Gasteiger partial charge in [-0.2, -0.15) is 0 Å². The summed E-state index contributed by atoms with van der Waals surface area (Å²) in [6.07, 6.45) is 2.16. The van der Waals surface area contributed by atoms with Crippen LogP contribution in [0.4, 0.5) is 30.0 Å². The van der Waals surface area contributed by atoms with Crippen molar-refractivity contribution in [2.45, 2.75) is 65.5 Å². The molecule has 2 saturated heterocycles. The Bertz CT molecular complexity index is 2390. The number of anilines is 2. The number of amides is 2. The molecule has 2 aliphatic heterocycles. The summed E-state index contributed by atoms with van der Waals surface area (Å²) in [5.74, 6) is -0.0435. The zero-order chi connectivity index (χ0) is 43.9. The summed E-state index contributed by atoms with van der Waals surface area (Å²) in [6, 6.07) is 19.8. The molecule has 2 amide bonds. The molecule has 2 aromatic heterocycles. The second kappa shape index (κ2) is 20.5. The van der Waals surface area contributed by atoms with E-state index in [9.17, 15) is 28.6 Å². The zero-order valence-electron chi connectivity index (χ0n) is 35.5. The highest BCUT2D eigenvalue weighted by Gasteiger charge is 2.30. The summed E-state index contributed by atoms with van der Waals surface area (Å²) in [7, 11) is 0. The molecule has 17 heteroatoms. The highest BCUT2D eigenvalue weighted by Crippen LogP contribution is 2.36. The number of aromatic nitrogens is 4. The number of hydrogen-bond acceptors (Lipinski definition) is 12. The molecule has 0 unspecified atom stereocenters. The number of nitrogens with zero attached hydrogens (tertiary/aromatic N) is 6. The summed E-state index contributed by atoms with van der Waals surface area (Å²) in [5.41, 5.74) is 3.32. The zero-order valence-corrected chi connectivity index (χ0v) is 36.3. The molecule has 0 radical (unpaired) electrons. The lowest BCUT2D eigenvalue weighted by molar-refractivity contribution is 0.142. The topological polar surface area (TPSA) is 175 Å². The molecule has 4 aromatic carbocycles. The van der Waals surface area contributed by atoms with E-state index in [1.807, 2.05) is 73.9 Å². The van der Waals surface area contributed by atoms with Crippen LogP contribution in [0.3, 0.4) is 0 Å². The molecule has 0 saturated carbocycles. The van der Waals surface area contributed by atoms with Crippen molar-refractivity contribution in [1.29, 1.82) is 0 Å². The van der Waals surface area contributed by atoms with Gasteiger partial charge in [0.05, 0.1) is 47.5 Å². The molecule has 0 aliphatic carbocycles. The van der Waals surface area contributed by atoms with Crippen molar-refractivity contribution in [2.75, 3.05) is 49.2 Å². The number of alkyl carbamates (subject to hydrolysis) is 2. The summed E-state index contributed by atoms with van der Waals surface area (Å²) in [5, 5.41) is 27.9. The number of ether oxygens (including phenoxy) is 2. The number of phenols is 2. The minimum Gasteiger partial charge on any atom is -0.507 e. The molecule has 8 rings (SSSR count). The van der Waals surface area contributed by atoms with Crippen LogP contribution in [0.5, 0.6) is 11.5 Å². The monoisotopic (exact) mass is 884 g/mol.